The van der Waals surface area contributed by atoms with E-state index in [2.05, 4.69) is 0 Å². The average molecular weight is 191 g/mol. The molecular formula is H2CsMgO2+. The van der Waals surface area contributed by atoms with Crippen molar-refractivity contribution in [3.8, 4) is 0 Å². The molecule has 0 unspecified atom stereocenters. The van der Waals surface area contributed by atoms with Gasteiger partial charge in [-0.3, -0.25) is 0 Å². The standard InChI is InChI=1S/Cs.Mg.2H2O/h;;2*1H2/q+1;+2;;/p-2. The van der Waals surface area contributed by atoms with Gasteiger partial charge in [0.05, 0.1) is 0 Å². The van der Waals surface area contributed by atoms with E-state index in [0.717, 1.165) is 0 Å². The van der Waals surface area contributed by atoms with Crippen LogP contribution in [-0.2, 0) is 0 Å². The van der Waals surface area contributed by atoms with E-state index in [9.17, 15) is 0 Å². The molecule has 0 saturated carbocycles. The molecule has 0 spiro atoms. The Labute approximate surface area is 99.9 Å². The average Bonchev–Trinajstić information content (AvgIpc) is 0. The molecule has 0 aliphatic heterocycles. The molecule has 4 heteroatoms. The van der Waals surface area contributed by atoms with Crippen LogP contribution in [0.2, 0.25) is 0 Å². The predicted molar refractivity (Wildman–Crippen MR) is 9.63 cm³/mol. The number of hydrogen-bond acceptors (Lipinski definition) is 2. The Hall–Kier alpha value is 2.74. The van der Waals surface area contributed by atoms with Gasteiger partial charge in [-0.1, -0.05) is 0 Å². The van der Waals surface area contributed by atoms with Gasteiger partial charge in [-0.25, -0.2) is 0 Å². The van der Waals surface area contributed by atoms with Crippen molar-refractivity contribution in [2.24, 2.45) is 0 Å². The monoisotopic (exact) mass is 191 g/mol. The summed E-state index contributed by atoms with van der Waals surface area (Å²) in [5.41, 5.74) is 0. The van der Waals surface area contributed by atoms with E-state index in [1.165, 1.54) is 0 Å². The molecule has 16 valence electrons. The first kappa shape index (κ1) is 29.6. The summed E-state index contributed by atoms with van der Waals surface area (Å²) in [4.78, 5) is 0. The molecule has 0 aromatic heterocycles. The van der Waals surface area contributed by atoms with Crippen LogP contribution in [0.5, 0.6) is 0 Å². The second-order valence-corrected chi connectivity index (χ2v) is 0. The molecule has 2 N–H and O–H groups in total. The molecule has 0 aromatic rings. The zero-order valence-electron chi connectivity index (χ0n) is 2.60. The van der Waals surface area contributed by atoms with Crippen LogP contribution in [0.25, 0.3) is 0 Å². The van der Waals surface area contributed by atoms with Gasteiger partial charge in [0.1, 0.15) is 0 Å². The van der Waals surface area contributed by atoms with Crippen LogP contribution < -0.4 is 68.9 Å². The van der Waals surface area contributed by atoms with Crippen LogP contribution >= 0.6 is 0 Å². The summed E-state index contributed by atoms with van der Waals surface area (Å²) >= 11 is 0. The smallest absolute Gasteiger partial charge is 0.870 e. The van der Waals surface area contributed by atoms with E-state index in [0.29, 0.717) is 0 Å². The van der Waals surface area contributed by atoms with E-state index in [1.807, 2.05) is 0 Å². The molecule has 0 fully saturated rings. The van der Waals surface area contributed by atoms with Crippen molar-refractivity contribution in [3.05, 3.63) is 0 Å². The Kier molecular flexibility index (Phi) is 127. The molecule has 4 heavy (non-hydrogen) atoms. The van der Waals surface area contributed by atoms with Crippen LogP contribution in [0.15, 0.2) is 0 Å². The maximum absolute atomic E-state index is 0. The van der Waals surface area contributed by atoms with Crippen molar-refractivity contribution < 1.29 is 79.8 Å². The van der Waals surface area contributed by atoms with E-state index in [-0.39, 0.29) is 103 Å². The zero-order chi connectivity index (χ0) is 0. The van der Waals surface area contributed by atoms with Crippen LogP contribution in [0, 0.1) is 0 Å². The van der Waals surface area contributed by atoms with Crippen LogP contribution in [0.4, 0.5) is 0 Å². The molecule has 0 aliphatic carbocycles. The zero-order valence-corrected chi connectivity index (χ0v) is 10.3. The van der Waals surface area contributed by atoms with Gasteiger partial charge >= 0.3 is 91.9 Å². The Morgan fingerprint density at radius 1 is 0.750 bits per heavy atom. The van der Waals surface area contributed by atoms with E-state index in [4.69, 9.17) is 0 Å². The number of hydrogen-bond donors (Lipinski definition) is 0. The third-order valence-electron chi connectivity index (χ3n) is 0. The molecule has 0 rings (SSSR count). The van der Waals surface area contributed by atoms with Gasteiger partial charge in [0.15, 0.2) is 0 Å². The Morgan fingerprint density at radius 2 is 0.750 bits per heavy atom. The fraction of sp³-hybridized carbons (Fsp3) is 0. The third kappa shape index (κ3) is 8.83. The molecule has 0 heterocycles. The molecule has 0 aliphatic rings. The topological polar surface area (TPSA) is 60.0 Å². The van der Waals surface area contributed by atoms with Crippen LogP contribution in [0.3, 0.4) is 0 Å². The predicted octanol–water partition coefficient (Wildman–Crippen LogP) is -3.73. The minimum absolute atomic E-state index is 0. The molecule has 0 radical (unpaired) electrons. The maximum Gasteiger partial charge on any atom is 2.00 e. The van der Waals surface area contributed by atoms with Crippen LogP contribution in [-0.4, -0.2) is 34.0 Å². The van der Waals surface area contributed by atoms with Gasteiger partial charge in [-0.15, -0.1) is 0 Å². The quantitative estimate of drug-likeness (QED) is 0.370. The van der Waals surface area contributed by atoms with E-state index < -0.39 is 0 Å². The minimum Gasteiger partial charge on any atom is -0.870 e. The normalized spacial score (nSPS) is 0. The second kappa shape index (κ2) is 17.2. The third-order valence-corrected chi connectivity index (χ3v) is 0. The van der Waals surface area contributed by atoms with Crippen molar-refractivity contribution in [1.29, 1.82) is 0 Å². The van der Waals surface area contributed by atoms with Gasteiger partial charge in [-0.05, 0) is 0 Å². The molecular weight excluding hydrogens is 189 g/mol. The summed E-state index contributed by atoms with van der Waals surface area (Å²) in [6, 6.07) is 0. The molecule has 0 aromatic carbocycles. The van der Waals surface area contributed by atoms with Crippen molar-refractivity contribution in [2.45, 2.75) is 0 Å². The maximum atomic E-state index is 0. The second-order valence-electron chi connectivity index (χ2n) is 0. The summed E-state index contributed by atoms with van der Waals surface area (Å²) in [6.07, 6.45) is 0. The van der Waals surface area contributed by atoms with Crippen molar-refractivity contribution >= 4 is 23.1 Å². The Morgan fingerprint density at radius 3 is 0.750 bits per heavy atom. The Bertz CT molecular complexity index is 6.00. The summed E-state index contributed by atoms with van der Waals surface area (Å²) in [5.74, 6) is 0. The summed E-state index contributed by atoms with van der Waals surface area (Å²) in [5, 5.41) is 0. The van der Waals surface area contributed by atoms with Crippen LogP contribution in [0.1, 0.15) is 0 Å². The van der Waals surface area contributed by atoms with E-state index >= 15 is 0 Å². The first-order valence-electron chi connectivity index (χ1n) is 0. The molecule has 0 atom stereocenters. The Balaban J connectivity index is 0. The summed E-state index contributed by atoms with van der Waals surface area (Å²) < 4.78 is 0. The SMILES string of the molecule is [Cs+].[Mg+2].[OH-].[OH-]. The van der Waals surface area contributed by atoms with Gasteiger partial charge in [-0.2, -0.15) is 0 Å². The fourth-order valence-corrected chi connectivity index (χ4v) is 0. The molecule has 2 nitrogen and oxygen atoms in total. The molecule has 0 saturated heterocycles. The first-order chi connectivity index (χ1) is 0. The van der Waals surface area contributed by atoms with Gasteiger partial charge in [0, 0.05) is 0 Å². The van der Waals surface area contributed by atoms with Gasteiger partial charge in [0.2, 0.25) is 0 Å². The van der Waals surface area contributed by atoms with Gasteiger partial charge in [0.25, 0.3) is 0 Å². The summed E-state index contributed by atoms with van der Waals surface area (Å²) in [6.45, 7) is 0. The minimum atomic E-state index is 0. The largest absolute Gasteiger partial charge is 2.00 e. The molecule has 0 amide bonds. The van der Waals surface area contributed by atoms with Gasteiger partial charge < -0.3 is 11.0 Å². The fourth-order valence-electron chi connectivity index (χ4n) is 0. The van der Waals surface area contributed by atoms with Crippen molar-refractivity contribution in [1.82, 2.24) is 0 Å². The van der Waals surface area contributed by atoms with Crippen molar-refractivity contribution in [2.75, 3.05) is 0 Å². The first-order valence-corrected chi connectivity index (χ1v) is 0. The van der Waals surface area contributed by atoms with E-state index in [1.54, 1.807) is 0 Å². The summed E-state index contributed by atoms with van der Waals surface area (Å²) in [7, 11) is 0. The number of rotatable bonds is 0. The molecule has 0 bridgehead atoms. The van der Waals surface area contributed by atoms with Crippen molar-refractivity contribution in [3.63, 3.8) is 0 Å².